The van der Waals surface area contributed by atoms with Crippen LogP contribution in [0.2, 0.25) is 0 Å². The van der Waals surface area contributed by atoms with Gasteiger partial charge in [-0.05, 0) is 6.92 Å². The van der Waals surface area contributed by atoms with E-state index in [0.717, 1.165) is 10.8 Å². The number of hydrogen-bond acceptors (Lipinski definition) is 11. The number of hydrogen-bond donors (Lipinski definition) is 2. The molecule has 0 spiro atoms. The monoisotopic (exact) mass is 600 g/mol. The van der Waals surface area contributed by atoms with Crippen molar-refractivity contribution >= 4 is 45.0 Å². The summed E-state index contributed by atoms with van der Waals surface area (Å²) in [5.74, 6) is 0.119. The van der Waals surface area contributed by atoms with Crippen LogP contribution < -0.4 is 15.1 Å². The average molecular weight is 601 g/mol. The maximum Gasteiger partial charge on any atom is 0.411 e. The Balaban J connectivity index is 1.66. The Morgan fingerprint density at radius 3 is 2.39 bits per heavy atom. The van der Waals surface area contributed by atoms with Crippen LogP contribution in [0.25, 0.3) is 22.6 Å². The van der Waals surface area contributed by atoms with E-state index in [1.165, 1.54) is 16.7 Å². The lowest BCUT2D eigenvalue weighted by Gasteiger charge is -2.34. The number of carbonyl (C=O) groups is 1. The quantitative estimate of drug-likeness (QED) is 0.415. The van der Waals surface area contributed by atoms with E-state index in [0.29, 0.717) is 25.6 Å². The number of sulfonamides is 1. The van der Waals surface area contributed by atoms with Crippen molar-refractivity contribution in [1.82, 2.24) is 33.8 Å². The second kappa shape index (κ2) is 10.9. The van der Waals surface area contributed by atoms with Crippen LogP contribution in [0.15, 0.2) is 12.4 Å². The topological polar surface area (TPSA) is 172 Å². The number of aromatic nitrogens is 6. The van der Waals surface area contributed by atoms with Crippen molar-refractivity contribution in [3.8, 4) is 11.4 Å². The zero-order chi connectivity index (χ0) is 29.5. The largest absolute Gasteiger partial charge is 0.465 e. The molecule has 41 heavy (non-hydrogen) atoms. The number of carboxylic acid groups (broad SMARTS) is 1. The summed E-state index contributed by atoms with van der Waals surface area (Å²) in [6.45, 7) is 2.07. The third kappa shape index (κ3) is 6.25. The first-order valence-electron chi connectivity index (χ1n) is 12.5. The van der Waals surface area contributed by atoms with Crippen molar-refractivity contribution in [1.29, 1.82) is 0 Å². The SMILES string of the molecule is C[C@H]1COCCN1c1nc(-c2cnc(NC(=O)O)nc2)nc2c1nc(N1CCN(S(C)(=O)=O)CC1)n2CC(F)(F)F. The number of morpholine rings is 1. The molecule has 15 nitrogen and oxygen atoms in total. The number of fused-ring (bicyclic) bond motifs is 1. The number of amides is 1. The molecule has 0 saturated carbocycles. The minimum Gasteiger partial charge on any atom is -0.465 e. The number of alkyl halides is 3. The van der Waals surface area contributed by atoms with E-state index in [2.05, 4.69) is 24.9 Å². The van der Waals surface area contributed by atoms with E-state index in [4.69, 9.17) is 9.84 Å². The lowest BCUT2D eigenvalue weighted by atomic mass is 10.2. The van der Waals surface area contributed by atoms with Crippen LogP contribution in [0.4, 0.5) is 35.7 Å². The summed E-state index contributed by atoms with van der Waals surface area (Å²) >= 11 is 0. The van der Waals surface area contributed by atoms with E-state index in [1.807, 2.05) is 17.1 Å². The Morgan fingerprint density at radius 1 is 1.12 bits per heavy atom. The molecule has 3 aromatic rings. The Labute approximate surface area is 232 Å². The van der Waals surface area contributed by atoms with E-state index in [1.54, 1.807) is 4.90 Å². The molecule has 0 unspecified atom stereocenters. The summed E-state index contributed by atoms with van der Waals surface area (Å²) in [7, 11) is -3.46. The maximum atomic E-state index is 13.9. The third-order valence-electron chi connectivity index (χ3n) is 6.65. The molecule has 19 heteroatoms. The van der Waals surface area contributed by atoms with Gasteiger partial charge in [0.2, 0.25) is 21.9 Å². The molecular weight excluding hydrogens is 573 g/mol. The Kier molecular flexibility index (Phi) is 7.60. The molecule has 1 atom stereocenters. The molecule has 3 aromatic heterocycles. The molecular formula is C22H27F3N10O5S. The van der Waals surface area contributed by atoms with Crippen LogP contribution in [0.1, 0.15) is 6.92 Å². The van der Waals surface area contributed by atoms with Crippen LogP contribution >= 0.6 is 0 Å². The standard InChI is InChI=1S/C22H27F3N10O5S/c1-13-11-40-8-7-34(13)17-15-18(30-16(29-17)14-9-26-19(27-10-14)31-21(36)37)35(12-22(23,24)25)20(28-15)32-3-5-33(6-4-32)41(2,38)39/h9-10,13H,3-8,11-12H2,1-2H3,(H,36,37)(H,26,27,31)/t13-/m0/s1. The lowest BCUT2D eigenvalue weighted by Crippen LogP contribution is -2.49. The van der Waals surface area contributed by atoms with Gasteiger partial charge in [0.05, 0.1) is 31.1 Å². The van der Waals surface area contributed by atoms with Crippen molar-refractivity contribution in [3.05, 3.63) is 12.4 Å². The van der Waals surface area contributed by atoms with Gasteiger partial charge in [-0.25, -0.2) is 38.1 Å². The molecule has 2 saturated heterocycles. The Hall–Kier alpha value is -3.84. The van der Waals surface area contributed by atoms with Gasteiger partial charge in [-0.3, -0.25) is 9.88 Å². The van der Waals surface area contributed by atoms with E-state index in [9.17, 15) is 26.4 Å². The number of anilines is 3. The number of nitrogens with zero attached hydrogens (tertiary/aromatic N) is 9. The average Bonchev–Trinajstić information content (AvgIpc) is 3.25. The van der Waals surface area contributed by atoms with Crippen molar-refractivity contribution in [2.45, 2.75) is 25.7 Å². The minimum atomic E-state index is -4.62. The first-order valence-corrected chi connectivity index (χ1v) is 14.4. The Bertz CT molecular complexity index is 1540. The molecule has 0 aromatic carbocycles. The fourth-order valence-electron chi connectivity index (χ4n) is 4.74. The van der Waals surface area contributed by atoms with E-state index in [-0.39, 0.29) is 66.7 Å². The highest BCUT2D eigenvalue weighted by Gasteiger charge is 2.35. The van der Waals surface area contributed by atoms with Gasteiger partial charge >= 0.3 is 12.3 Å². The number of imidazole rings is 1. The zero-order valence-electron chi connectivity index (χ0n) is 22.0. The van der Waals surface area contributed by atoms with Crippen LogP contribution in [0, 0.1) is 0 Å². The van der Waals surface area contributed by atoms with Crippen LogP contribution in [-0.4, -0.2) is 118 Å². The van der Waals surface area contributed by atoms with Crippen molar-refractivity contribution in [2.24, 2.45) is 0 Å². The highest BCUT2D eigenvalue weighted by atomic mass is 32.2. The van der Waals surface area contributed by atoms with Gasteiger partial charge in [-0.2, -0.15) is 17.5 Å². The number of nitrogens with one attached hydrogen (secondary N) is 1. The third-order valence-corrected chi connectivity index (χ3v) is 7.96. The number of piperazine rings is 1. The van der Waals surface area contributed by atoms with E-state index >= 15 is 0 Å². The van der Waals surface area contributed by atoms with Gasteiger partial charge in [0.25, 0.3) is 0 Å². The predicted molar refractivity (Wildman–Crippen MR) is 140 cm³/mol. The van der Waals surface area contributed by atoms with Gasteiger partial charge < -0.3 is 19.6 Å². The van der Waals surface area contributed by atoms with Gasteiger partial charge in [-0.1, -0.05) is 0 Å². The van der Waals surface area contributed by atoms with Crippen LogP contribution in [-0.2, 0) is 21.3 Å². The molecule has 2 N–H and O–H groups in total. The first kappa shape index (κ1) is 28.7. The molecule has 0 aliphatic carbocycles. The predicted octanol–water partition coefficient (Wildman–Crippen LogP) is 1.24. The first-order chi connectivity index (χ1) is 19.3. The molecule has 0 bridgehead atoms. The van der Waals surface area contributed by atoms with Gasteiger partial charge in [-0.15, -0.1) is 0 Å². The highest BCUT2D eigenvalue weighted by Crippen LogP contribution is 2.34. The summed E-state index contributed by atoms with van der Waals surface area (Å²) < 4.78 is 73.4. The minimum absolute atomic E-state index is 0.00338. The zero-order valence-corrected chi connectivity index (χ0v) is 22.9. The summed E-state index contributed by atoms with van der Waals surface area (Å²) in [6.07, 6.45) is -2.37. The fourth-order valence-corrected chi connectivity index (χ4v) is 5.56. The molecule has 222 valence electrons. The highest BCUT2D eigenvalue weighted by molar-refractivity contribution is 7.88. The molecule has 1 amide bonds. The molecule has 2 fully saturated rings. The van der Waals surface area contributed by atoms with Crippen molar-refractivity contribution in [3.63, 3.8) is 0 Å². The number of rotatable bonds is 6. The normalized spacial score (nSPS) is 19.1. The summed E-state index contributed by atoms with van der Waals surface area (Å²) in [6, 6.07) is -0.178. The molecule has 5 heterocycles. The van der Waals surface area contributed by atoms with Crippen LogP contribution in [0.3, 0.4) is 0 Å². The molecule has 5 rings (SSSR count). The van der Waals surface area contributed by atoms with Crippen molar-refractivity contribution in [2.75, 3.05) is 67.3 Å². The lowest BCUT2D eigenvalue weighted by molar-refractivity contribution is -0.139. The summed E-state index contributed by atoms with van der Waals surface area (Å²) in [5, 5.41) is 10.9. The fraction of sp³-hybridized carbons (Fsp3) is 0.545. The van der Waals surface area contributed by atoms with Crippen molar-refractivity contribution < 1.29 is 36.2 Å². The van der Waals surface area contributed by atoms with Gasteiger partial charge in [0.15, 0.2) is 22.8 Å². The Morgan fingerprint density at radius 2 is 1.80 bits per heavy atom. The van der Waals surface area contributed by atoms with Gasteiger partial charge in [0, 0.05) is 45.1 Å². The molecule has 2 aliphatic rings. The number of halogens is 3. The summed E-state index contributed by atoms with van der Waals surface area (Å²) in [5.41, 5.74) is 0.319. The van der Waals surface area contributed by atoms with E-state index < -0.39 is 28.8 Å². The molecule has 0 radical (unpaired) electrons. The number of ether oxygens (including phenoxy) is 1. The smallest absolute Gasteiger partial charge is 0.411 e. The molecule has 2 aliphatic heterocycles. The maximum absolute atomic E-state index is 13.9. The second-order valence-electron chi connectivity index (χ2n) is 9.65. The van der Waals surface area contributed by atoms with Gasteiger partial charge in [0.1, 0.15) is 6.54 Å². The summed E-state index contributed by atoms with van der Waals surface area (Å²) in [4.78, 5) is 36.0. The second-order valence-corrected chi connectivity index (χ2v) is 11.6. The van der Waals surface area contributed by atoms with Crippen LogP contribution in [0.5, 0.6) is 0 Å².